The molecule has 0 unspecified atom stereocenters. The number of benzene rings is 2. The molecule has 11 nitrogen and oxygen atoms in total. The summed E-state index contributed by atoms with van der Waals surface area (Å²) in [6.45, 7) is 2.96. The van der Waals surface area contributed by atoms with E-state index in [-0.39, 0.29) is 0 Å². The standard InChI is InChI=1S/C30H28F2N8O3/c1-18-26(20-15-24-28(35-16-20)34-11-10-33-24)38-40(21-6-4-3-5-7-21)29(18)37-30(41)36-25-17-39(12-13-42-2)43-27(25)19-8-9-22(31)23(32)14-19/h3-11,14-16,25,27H,12-13,17H2,1-2H3,(H2,36,37,41)/t25-,27+/m1/s1. The third kappa shape index (κ3) is 5.91. The monoisotopic (exact) mass is 586 g/mol. The van der Waals surface area contributed by atoms with E-state index in [0.29, 0.717) is 59.1 Å². The van der Waals surface area contributed by atoms with Gasteiger partial charge in [-0.3, -0.25) is 15.1 Å². The van der Waals surface area contributed by atoms with Crippen LogP contribution in [0.4, 0.5) is 19.4 Å². The highest BCUT2D eigenvalue weighted by Gasteiger charge is 2.37. The predicted octanol–water partition coefficient (Wildman–Crippen LogP) is 4.59. The van der Waals surface area contributed by atoms with Crippen LogP contribution in [0.25, 0.3) is 28.1 Å². The van der Waals surface area contributed by atoms with Crippen molar-refractivity contribution in [1.29, 1.82) is 0 Å². The van der Waals surface area contributed by atoms with Gasteiger partial charge in [-0.15, -0.1) is 0 Å². The Morgan fingerprint density at radius 3 is 2.67 bits per heavy atom. The Hall–Kier alpha value is -4.85. The fourth-order valence-corrected chi connectivity index (χ4v) is 5.01. The van der Waals surface area contributed by atoms with Crippen LogP contribution in [0.3, 0.4) is 0 Å². The van der Waals surface area contributed by atoms with E-state index < -0.39 is 29.8 Å². The van der Waals surface area contributed by atoms with Crippen LogP contribution in [0.1, 0.15) is 17.2 Å². The number of para-hydroxylation sites is 1. The molecule has 43 heavy (non-hydrogen) atoms. The zero-order valence-corrected chi connectivity index (χ0v) is 23.4. The Bertz CT molecular complexity index is 1770. The highest BCUT2D eigenvalue weighted by atomic mass is 19.2. The second kappa shape index (κ2) is 12.2. The smallest absolute Gasteiger partial charge is 0.320 e. The Kier molecular flexibility index (Phi) is 8.01. The summed E-state index contributed by atoms with van der Waals surface area (Å²) in [5.74, 6) is -1.52. The maximum absolute atomic E-state index is 14.1. The number of urea groups is 1. The van der Waals surface area contributed by atoms with E-state index in [1.54, 1.807) is 35.4 Å². The van der Waals surface area contributed by atoms with E-state index in [1.807, 2.05) is 43.3 Å². The van der Waals surface area contributed by atoms with Crippen LogP contribution < -0.4 is 10.6 Å². The van der Waals surface area contributed by atoms with Gasteiger partial charge in [-0.1, -0.05) is 24.3 Å². The van der Waals surface area contributed by atoms with Gasteiger partial charge >= 0.3 is 6.03 Å². The first kappa shape index (κ1) is 28.3. The van der Waals surface area contributed by atoms with Crippen LogP contribution in [-0.2, 0) is 9.57 Å². The van der Waals surface area contributed by atoms with Gasteiger partial charge in [0, 0.05) is 49.9 Å². The number of carbonyl (C=O) groups excluding carboxylic acids is 1. The lowest BCUT2D eigenvalue weighted by atomic mass is 10.0. The zero-order chi connectivity index (χ0) is 29.9. The quantitative estimate of drug-likeness (QED) is 0.271. The fourth-order valence-electron chi connectivity index (χ4n) is 5.01. The number of carbonyl (C=O) groups is 1. The molecular formula is C30H28F2N8O3. The number of fused-ring (bicyclic) bond motifs is 1. The number of aromatic nitrogens is 5. The minimum absolute atomic E-state index is 0.298. The molecule has 0 aliphatic carbocycles. The van der Waals surface area contributed by atoms with Crippen LogP contribution >= 0.6 is 0 Å². The van der Waals surface area contributed by atoms with Crippen molar-refractivity contribution in [3.8, 4) is 16.9 Å². The van der Waals surface area contributed by atoms with Gasteiger partial charge in [0.15, 0.2) is 17.3 Å². The molecule has 0 saturated carbocycles. The van der Waals surface area contributed by atoms with Crippen molar-refractivity contribution in [2.45, 2.75) is 19.1 Å². The van der Waals surface area contributed by atoms with E-state index in [4.69, 9.17) is 14.7 Å². The molecular weight excluding hydrogens is 558 g/mol. The van der Waals surface area contributed by atoms with Gasteiger partial charge in [0.2, 0.25) is 0 Å². The molecule has 5 aromatic rings. The normalized spacial score (nSPS) is 16.9. The molecule has 220 valence electrons. The van der Waals surface area contributed by atoms with E-state index in [2.05, 4.69) is 25.6 Å². The molecule has 2 aromatic carbocycles. The van der Waals surface area contributed by atoms with Crippen LogP contribution in [0, 0.1) is 18.6 Å². The topological polar surface area (TPSA) is 119 Å². The summed E-state index contributed by atoms with van der Waals surface area (Å²) in [5, 5.41) is 12.4. The van der Waals surface area contributed by atoms with E-state index in [9.17, 15) is 13.6 Å². The van der Waals surface area contributed by atoms with E-state index in [0.717, 1.165) is 17.8 Å². The maximum atomic E-state index is 14.1. The molecule has 6 rings (SSSR count). The van der Waals surface area contributed by atoms with Gasteiger partial charge in [-0.2, -0.15) is 10.2 Å². The Morgan fingerprint density at radius 2 is 1.88 bits per heavy atom. The maximum Gasteiger partial charge on any atom is 0.320 e. The summed E-state index contributed by atoms with van der Waals surface area (Å²) in [6.07, 6.45) is 4.09. The van der Waals surface area contributed by atoms with Crippen LogP contribution in [0.5, 0.6) is 0 Å². The minimum atomic E-state index is -0.997. The van der Waals surface area contributed by atoms with Crippen molar-refractivity contribution in [2.24, 2.45) is 0 Å². The summed E-state index contributed by atoms with van der Waals surface area (Å²) < 4.78 is 34.6. The minimum Gasteiger partial charge on any atom is -0.383 e. The number of anilines is 1. The third-order valence-corrected chi connectivity index (χ3v) is 7.11. The number of halogens is 2. The van der Waals surface area contributed by atoms with Crippen molar-refractivity contribution in [3.63, 3.8) is 0 Å². The molecule has 13 heteroatoms. The number of hydrogen-bond acceptors (Lipinski definition) is 8. The average molecular weight is 587 g/mol. The molecule has 2 amide bonds. The third-order valence-electron chi connectivity index (χ3n) is 7.11. The first-order valence-corrected chi connectivity index (χ1v) is 13.6. The van der Waals surface area contributed by atoms with Crippen LogP contribution in [0.2, 0.25) is 0 Å². The Morgan fingerprint density at radius 1 is 1.07 bits per heavy atom. The second-order valence-electron chi connectivity index (χ2n) is 9.98. The van der Waals surface area contributed by atoms with Crippen molar-refractivity contribution in [1.82, 2.24) is 35.1 Å². The highest BCUT2D eigenvalue weighted by molar-refractivity contribution is 5.91. The molecule has 0 radical (unpaired) electrons. The number of pyridine rings is 1. The molecule has 1 fully saturated rings. The molecule has 0 spiro atoms. The number of methoxy groups -OCH3 is 1. The zero-order valence-electron chi connectivity index (χ0n) is 23.4. The SMILES string of the molecule is COCCN1C[C@@H](NC(=O)Nc2c(C)c(-c3cnc4nccnc4c3)nn2-c2ccccc2)[C@H](c2ccc(F)c(F)c2)O1. The molecule has 1 aliphatic rings. The van der Waals surface area contributed by atoms with E-state index >= 15 is 0 Å². The number of nitrogens with zero attached hydrogens (tertiary/aromatic N) is 6. The summed E-state index contributed by atoms with van der Waals surface area (Å²) in [4.78, 5) is 32.5. The Balaban J connectivity index is 1.30. The summed E-state index contributed by atoms with van der Waals surface area (Å²) in [6, 6.07) is 13.7. The summed E-state index contributed by atoms with van der Waals surface area (Å²) in [7, 11) is 1.57. The first-order chi connectivity index (χ1) is 20.9. The molecule has 2 atom stereocenters. The van der Waals surface area contributed by atoms with Crippen molar-refractivity contribution >= 4 is 23.0 Å². The molecule has 1 saturated heterocycles. The Labute approximate surface area is 245 Å². The summed E-state index contributed by atoms with van der Waals surface area (Å²) >= 11 is 0. The molecule has 0 bridgehead atoms. The predicted molar refractivity (Wildman–Crippen MR) is 154 cm³/mol. The second-order valence-corrected chi connectivity index (χ2v) is 9.98. The van der Waals surface area contributed by atoms with Crippen molar-refractivity contribution in [2.75, 3.05) is 32.1 Å². The van der Waals surface area contributed by atoms with Gasteiger partial charge in [-0.25, -0.2) is 28.2 Å². The fraction of sp³-hybridized carbons (Fsp3) is 0.233. The number of nitrogens with one attached hydrogen (secondary N) is 2. The lowest BCUT2D eigenvalue weighted by Crippen LogP contribution is -2.42. The van der Waals surface area contributed by atoms with Gasteiger partial charge in [-0.05, 0) is 42.8 Å². The lowest BCUT2D eigenvalue weighted by molar-refractivity contribution is -0.154. The molecule has 3 aromatic heterocycles. The number of ether oxygens (including phenoxy) is 1. The van der Waals surface area contributed by atoms with Crippen molar-refractivity contribution < 1.29 is 23.1 Å². The number of rotatable bonds is 8. The van der Waals surface area contributed by atoms with Crippen LogP contribution in [-0.4, -0.2) is 68.7 Å². The average Bonchev–Trinajstić information content (AvgIpc) is 3.57. The number of amides is 2. The van der Waals surface area contributed by atoms with Gasteiger partial charge in [0.1, 0.15) is 17.4 Å². The molecule has 2 N–H and O–H groups in total. The highest BCUT2D eigenvalue weighted by Crippen LogP contribution is 2.33. The first-order valence-electron chi connectivity index (χ1n) is 13.6. The van der Waals surface area contributed by atoms with Crippen LogP contribution in [0.15, 0.2) is 73.2 Å². The molecule has 4 heterocycles. The van der Waals surface area contributed by atoms with Crippen molar-refractivity contribution in [3.05, 3.63) is 95.9 Å². The van der Waals surface area contributed by atoms with E-state index in [1.165, 1.54) is 6.07 Å². The van der Waals surface area contributed by atoms with Gasteiger partial charge < -0.3 is 10.1 Å². The number of hydrogen-bond donors (Lipinski definition) is 2. The summed E-state index contributed by atoms with van der Waals surface area (Å²) in [5.41, 5.74) is 4.26. The van der Waals surface area contributed by atoms with Gasteiger partial charge in [0.25, 0.3) is 0 Å². The molecule has 1 aliphatic heterocycles. The lowest BCUT2D eigenvalue weighted by Gasteiger charge is -2.20. The largest absolute Gasteiger partial charge is 0.383 e. The number of hydroxylamine groups is 2. The van der Waals surface area contributed by atoms with Gasteiger partial charge in [0.05, 0.1) is 24.0 Å².